The number of rotatable bonds is 5. The maximum Gasteiger partial charge on any atom is 0.487 e. The van der Waals surface area contributed by atoms with Gasteiger partial charge < -0.3 is 24.1 Å². The molecule has 2 heterocycles. The fraction of sp³-hybridized carbons (Fsp3) is 0.286. The van der Waals surface area contributed by atoms with Gasteiger partial charge in [0.2, 0.25) is 0 Å². The Morgan fingerprint density at radius 2 is 2.00 bits per heavy atom. The fourth-order valence-corrected chi connectivity index (χ4v) is 3.68. The number of methoxy groups -OCH3 is 1. The standard InChI is InChI=1S/C21H18ClF2N3O5/c1-11-9-31-10-17-26-16-8-12(7-15(20(29)30-2)18(16)27(11)17)19(28)25-13-3-5-14(6-4-13)32-21(22,23)24/h3-8,11H,9-10H2,1-2H3,(H,25,28). The molecular formula is C21H18ClF2N3O5. The second-order valence-corrected chi connectivity index (χ2v) is 7.61. The highest BCUT2D eigenvalue weighted by atomic mass is 35.5. The molecule has 1 aliphatic heterocycles. The van der Waals surface area contributed by atoms with E-state index < -0.39 is 17.4 Å². The lowest BCUT2D eigenvalue weighted by Gasteiger charge is -2.23. The van der Waals surface area contributed by atoms with E-state index in [1.165, 1.54) is 37.4 Å². The van der Waals surface area contributed by atoms with Gasteiger partial charge in [0.25, 0.3) is 5.91 Å². The molecule has 1 atom stereocenters. The van der Waals surface area contributed by atoms with Gasteiger partial charge in [0.05, 0.1) is 36.4 Å². The Labute approximate surface area is 186 Å². The van der Waals surface area contributed by atoms with E-state index >= 15 is 0 Å². The van der Waals surface area contributed by atoms with Gasteiger partial charge in [-0.2, -0.15) is 0 Å². The van der Waals surface area contributed by atoms with Gasteiger partial charge in [0.15, 0.2) is 0 Å². The van der Waals surface area contributed by atoms with Crippen LogP contribution in [0.2, 0.25) is 0 Å². The molecule has 0 fully saturated rings. The molecule has 0 bridgehead atoms. The highest BCUT2D eigenvalue weighted by molar-refractivity contribution is 6.20. The minimum atomic E-state index is -3.84. The molecule has 1 aliphatic rings. The number of aromatic nitrogens is 2. The van der Waals surface area contributed by atoms with E-state index in [1.54, 1.807) is 6.07 Å². The summed E-state index contributed by atoms with van der Waals surface area (Å²) in [5.74, 6) is -0.649. The van der Waals surface area contributed by atoms with Crippen molar-refractivity contribution in [2.75, 3.05) is 19.0 Å². The molecule has 2 aromatic carbocycles. The Balaban J connectivity index is 1.67. The third kappa shape index (κ3) is 4.37. The predicted molar refractivity (Wildman–Crippen MR) is 111 cm³/mol. The van der Waals surface area contributed by atoms with Crippen molar-refractivity contribution in [3.8, 4) is 5.75 Å². The number of imidazole rings is 1. The molecule has 1 aromatic heterocycles. The Morgan fingerprint density at radius 1 is 1.28 bits per heavy atom. The number of carbonyl (C=O) groups excluding carboxylic acids is 2. The number of anilines is 1. The summed E-state index contributed by atoms with van der Waals surface area (Å²) in [4.78, 5) is 29.9. The summed E-state index contributed by atoms with van der Waals surface area (Å²) in [6.07, 6.45) is 0. The summed E-state index contributed by atoms with van der Waals surface area (Å²) in [6, 6.07) is 8.19. The average Bonchev–Trinajstić information content (AvgIpc) is 3.12. The van der Waals surface area contributed by atoms with E-state index in [2.05, 4.69) is 15.0 Å². The third-order valence-electron chi connectivity index (χ3n) is 4.90. The number of carbonyl (C=O) groups is 2. The van der Waals surface area contributed by atoms with Gasteiger partial charge in [-0.1, -0.05) is 0 Å². The lowest BCUT2D eigenvalue weighted by molar-refractivity contribution is -0.0964. The van der Waals surface area contributed by atoms with Gasteiger partial charge in [-0.25, -0.2) is 9.78 Å². The number of alkyl halides is 3. The highest BCUT2D eigenvalue weighted by Gasteiger charge is 2.28. The van der Waals surface area contributed by atoms with Crippen LogP contribution >= 0.6 is 11.6 Å². The Hall–Kier alpha value is -3.24. The van der Waals surface area contributed by atoms with E-state index in [1.807, 2.05) is 11.5 Å². The Bertz CT molecular complexity index is 1190. The van der Waals surface area contributed by atoms with Gasteiger partial charge in [-0.05, 0) is 43.3 Å². The zero-order chi connectivity index (χ0) is 23.0. The molecule has 1 N–H and O–H groups in total. The van der Waals surface area contributed by atoms with Crippen LogP contribution in [0.4, 0.5) is 14.5 Å². The number of esters is 1. The molecule has 8 nitrogen and oxygen atoms in total. The summed E-state index contributed by atoms with van der Waals surface area (Å²) in [7, 11) is 1.26. The second-order valence-electron chi connectivity index (χ2n) is 7.17. The van der Waals surface area contributed by atoms with Crippen LogP contribution in [-0.2, 0) is 16.1 Å². The van der Waals surface area contributed by atoms with Crippen molar-refractivity contribution in [3.63, 3.8) is 0 Å². The van der Waals surface area contributed by atoms with Crippen LogP contribution in [-0.4, -0.2) is 40.7 Å². The first kappa shape index (κ1) is 22.0. The van der Waals surface area contributed by atoms with Gasteiger partial charge in [-0.3, -0.25) is 4.79 Å². The van der Waals surface area contributed by atoms with E-state index in [0.29, 0.717) is 29.2 Å². The molecule has 4 rings (SSSR count). The average molecular weight is 466 g/mol. The van der Waals surface area contributed by atoms with Crippen LogP contribution in [0.3, 0.4) is 0 Å². The Morgan fingerprint density at radius 3 is 2.66 bits per heavy atom. The van der Waals surface area contributed by atoms with Crippen molar-refractivity contribution in [1.82, 2.24) is 9.55 Å². The number of benzene rings is 2. The molecule has 32 heavy (non-hydrogen) atoms. The lowest BCUT2D eigenvalue weighted by Crippen LogP contribution is -2.22. The molecule has 1 unspecified atom stereocenters. The number of halogens is 3. The number of hydrogen-bond acceptors (Lipinski definition) is 6. The first-order chi connectivity index (χ1) is 15.2. The summed E-state index contributed by atoms with van der Waals surface area (Å²) in [6.45, 7) is 2.70. The number of fused-ring (bicyclic) bond motifs is 3. The third-order valence-corrected chi connectivity index (χ3v) is 4.98. The number of nitrogens with zero attached hydrogens (tertiary/aromatic N) is 2. The van der Waals surface area contributed by atoms with Crippen molar-refractivity contribution in [3.05, 3.63) is 53.3 Å². The largest absolute Gasteiger partial charge is 0.487 e. The molecular weight excluding hydrogens is 448 g/mol. The van der Waals surface area contributed by atoms with E-state index in [-0.39, 0.29) is 29.5 Å². The second kappa shape index (κ2) is 8.36. The van der Waals surface area contributed by atoms with Crippen LogP contribution in [0.25, 0.3) is 11.0 Å². The summed E-state index contributed by atoms with van der Waals surface area (Å²) < 4.78 is 42.1. The molecule has 168 valence electrons. The van der Waals surface area contributed by atoms with Crippen molar-refractivity contribution in [2.45, 2.75) is 25.1 Å². The first-order valence-electron chi connectivity index (χ1n) is 9.54. The number of amides is 1. The van der Waals surface area contributed by atoms with Crippen LogP contribution in [0.5, 0.6) is 5.75 Å². The number of nitrogens with one attached hydrogen (secondary N) is 1. The van der Waals surface area contributed by atoms with Crippen molar-refractivity contribution < 1.29 is 32.6 Å². The van der Waals surface area contributed by atoms with Gasteiger partial charge in [0.1, 0.15) is 18.2 Å². The molecule has 0 aliphatic carbocycles. The quantitative estimate of drug-likeness (QED) is 0.445. The van der Waals surface area contributed by atoms with Crippen LogP contribution in [0.15, 0.2) is 36.4 Å². The van der Waals surface area contributed by atoms with E-state index in [9.17, 15) is 18.4 Å². The van der Waals surface area contributed by atoms with E-state index in [0.717, 1.165) is 0 Å². The molecule has 3 aromatic rings. The molecule has 0 saturated carbocycles. The topological polar surface area (TPSA) is 91.7 Å². The first-order valence-corrected chi connectivity index (χ1v) is 9.92. The zero-order valence-corrected chi connectivity index (χ0v) is 17.8. The number of hydrogen-bond donors (Lipinski definition) is 1. The molecule has 1 amide bonds. The van der Waals surface area contributed by atoms with Crippen molar-refractivity contribution in [1.29, 1.82) is 0 Å². The summed E-state index contributed by atoms with van der Waals surface area (Å²) in [5.41, 5.74) is -2.10. The normalized spacial score (nSPS) is 15.8. The van der Waals surface area contributed by atoms with E-state index in [4.69, 9.17) is 21.1 Å². The highest BCUT2D eigenvalue weighted by Crippen LogP contribution is 2.30. The molecule has 0 spiro atoms. The molecule has 0 saturated heterocycles. The maximum absolute atomic E-state index is 12.8. The molecule has 11 heteroatoms. The van der Waals surface area contributed by atoms with Gasteiger partial charge in [0, 0.05) is 22.9 Å². The fourth-order valence-electron chi connectivity index (χ4n) is 3.59. The van der Waals surface area contributed by atoms with Gasteiger partial charge in [-0.15, -0.1) is 8.78 Å². The maximum atomic E-state index is 12.8. The minimum Gasteiger partial charge on any atom is -0.465 e. The monoisotopic (exact) mass is 465 g/mol. The summed E-state index contributed by atoms with van der Waals surface area (Å²) in [5, 5.41) is 2.64. The Kier molecular flexibility index (Phi) is 5.74. The van der Waals surface area contributed by atoms with Crippen molar-refractivity contribution >= 4 is 40.2 Å². The van der Waals surface area contributed by atoms with Crippen LogP contribution in [0, 0.1) is 0 Å². The lowest BCUT2D eigenvalue weighted by atomic mass is 10.1. The van der Waals surface area contributed by atoms with Crippen LogP contribution in [0.1, 0.15) is 39.5 Å². The van der Waals surface area contributed by atoms with Crippen LogP contribution < -0.4 is 10.1 Å². The smallest absolute Gasteiger partial charge is 0.465 e. The molecule has 0 radical (unpaired) electrons. The summed E-state index contributed by atoms with van der Waals surface area (Å²) >= 11 is 4.74. The zero-order valence-electron chi connectivity index (χ0n) is 17.0. The minimum absolute atomic E-state index is 0.0482. The predicted octanol–water partition coefficient (Wildman–Crippen LogP) is 4.33. The SMILES string of the molecule is COC(=O)c1cc(C(=O)Nc2ccc(OC(F)(F)Cl)cc2)cc2nc3n(c12)C(C)COC3. The number of ether oxygens (including phenoxy) is 3. The van der Waals surface area contributed by atoms with Crippen molar-refractivity contribution in [2.24, 2.45) is 0 Å². The van der Waals surface area contributed by atoms with Gasteiger partial charge >= 0.3 is 11.5 Å².